The van der Waals surface area contributed by atoms with Crippen LogP contribution in [0.15, 0.2) is 54.6 Å². The standard InChI is InChI=1S/C22H24N2O/c1-23(2)15-16-9-8-14-20-21(22(16)25)18-12-6-7-13-19(18)24(20)17-10-4-3-5-11-17/h3-7,10-13,16H,8-9,14-15H2,1-2H3. The van der Waals surface area contributed by atoms with Gasteiger partial charge in [0.1, 0.15) is 0 Å². The third-order valence-electron chi connectivity index (χ3n) is 5.16. The van der Waals surface area contributed by atoms with Crippen molar-refractivity contribution in [3.8, 4) is 5.69 Å². The Kier molecular flexibility index (Phi) is 4.18. The highest BCUT2D eigenvalue weighted by Gasteiger charge is 2.31. The van der Waals surface area contributed by atoms with Crippen LogP contribution in [0.25, 0.3) is 16.6 Å². The van der Waals surface area contributed by atoms with Crippen molar-refractivity contribution >= 4 is 16.7 Å². The summed E-state index contributed by atoms with van der Waals surface area (Å²) in [4.78, 5) is 15.5. The smallest absolute Gasteiger partial charge is 0.169 e. The molecule has 1 aromatic heterocycles. The Morgan fingerprint density at radius 2 is 1.76 bits per heavy atom. The SMILES string of the molecule is CN(C)CC1CCCc2c(c3ccccc3n2-c2ccccc2)C1=O. The van der Waals surface area contributed by atoms with E-state index in [1.807, 2.05) is 26.2 Å². The zero-order valence-electron chi connectivity index (χ0n) is 14.9. The van der Waals surface area contributed by atoms with E-state index in [1.165, 1.54) is 5.69 Å². The molecule has 4 rings (SSSR count). The van der Waals surface area contributed by atoms with Crippen molar-refractivity contribution in [3.05, 3.63) is 65.9 Å². The van der Waals surface area contributed by atoms with E-state index < -0.39 is 0 Å². The number of carbonyl (C=O) groups is 1. The van der Waals surface area contributed by atoms with E-state index in [4.69, 9.17) is 0 Å². The third-order valence-corrected chi connectivity index (χ3v) is 5.16. The maximum atomic E-state index is 13.4. The van der Waals surface area contributed by atoms with Crippen LogP contribution in [0.5, 0.6) is 0 Å². The first-order valence-electron chi connectivity index (χ1n) is 9.03. The predicted octanol–water partition coefficient (Wildman–Crippen LogP) is 4.33. The first-order chi connectivity index (χ1) is 12.2. The minimum Gasteiger partial charge on any atom is -0.313 e. The number of hydrogen-bond donors (Lipinski definition) is 0. The van der Waals surface area contributed by atoms with Crippen molar-refractivity contribution in [2.24, 2.45) is 5.92 Å². The van der Waals surface area contributed by atoms with E-state index in [-0.39, 0.29) is 5.92 Å². The Morgan fingerprint density at radius 1 is 1.04 bits per heavy atom. The van der Waals surface area contributed by atoms with Gasteiger partial charge >= 0.3 is 0 Å². The Hall–Kier alpha value is -2.39. The summed E-state index contributed by atoms with van der Waals surface area (Å²) in [7, 11) is 4.10. The van der Waals surface area contributed by atoms with Crippen molar-refractivity contribution in [1.82, 2.24) is 9.47 Å². The summed E-state index contributed by atoms with van der Waals surface area (Å²) < 4.78 is 2.29. The number of nitrogens with zero attached hydrogens (tertiary/aromatic N) is 2. The maximum Gasteiger partial charge on any atom is 0.169 e. The van der Waals surface area contributed by atoms with Gasteiger partial charge in [0.05, 0.1) is 5.52 Å². The van der Waals surface area contributed by atoms with E-state index >= 15 is 0 Å². The molecule has 0 spiro atoms. The average Bonchev–Trinajstić information content (AvgIpc) is 2.86. The number of benzene rings is 2. The number of rotatable bonds is 3. The lowest BCUT2D eigenvalue weighted by atomic mass is 9.94. The first kappa shape index (κ1) is 16.1. The van der Waals surface area contributed by atoms with Crippen LogP contribution in [-0.2, 0) is 6.42 Å². The van der Waals surface area contributed by atoms with Gasteiger partial charge in [-0.1, -0.05) is 36.4 Å². The number of hydrogen-bond acceptors (Lipinski definition) is 2. The van der Waals surface area contributed by atoms with Crippen LogP contribution in [-0.4, -0.2) is 35.9 Å². The molecule has 1 aliphatic carbocycles. The molecular weight excluding hydrogens is 308 g/mol. The second kappa shape index (κ2) is 6.49. The van der Waals surface area contributed by atoms with E-state index in [0.29, 0.717) is 5.78 Å². The number of aromatic nitrogens is 1. The van der Waals surface area contributed by atoms with Crippen molar-refractivity contribution in [2.75, 3.05) is 20.6 Å². The summed E-state index contributed by atoms with van der Waals surface area (Å²) in [5.74, 6) is 0.401. The van der Waals surface area contributed by atoms with E-state index in [1.54, 1.807) is 0 Å². The zero-order chi connectivity index (χ0) is 17.4. The molecule has 1 atom stereocenters. The van der Waals surface area contributed by atoms with Crippen molar-refractivity contribution < 1.29 is 4.79 Å². The molecule has 2 aromatic carbocycles. The molecule has 1 aliphatic rings. The summed E-state index contributed by atoms with van der Waals surface area (Å²) in [5, 5.41) is 1.09. The molecule has 0 bridgehead atoms. The van der Waals surface area contributed by atoms with Crippen LogP contribution in [0, 0.1) is 5.92 Å². The summed E-state index contributed by atoms with van der Waals surface area (Å²) in [5.41, 5.74) is 4.40. The lowest BCUT2D eigenvalue weighted by molar-refractivity contribution is 0.0894. The van der Waals surface area contributed by atoms with Crippen LogP contribution in [0.4, 0.5) is 0 Å². The molecule has 0 saturated carbocycles. The van der Waals surface area contributed by atoms with E-state index in [9.17, 15) is 4.79 Å². The minimum atomic E-state index is 0.0891. The van der Waals surface area contributed by atoms with Gasteiger partial charge in [0.25, 0.3) is 0 Å². The van der Waals surface area contributed by atoms with Gasteiger partial charge in [-0.25, -0.2) is 0 Å². The van der Waals surface area contributed by atoms with Gasteiger partial charge < -0.3 is 9.47 Å². The van der Waals surface area contributed by atoms with Gasteiger partial charge in [-0.3, -0.25) is 4.79 Å². The molecule has 25 heavy (non-hydrogen) atoms. The van der Waals surface area contributed by atoms with Crippen LogP contribution in [0.1, 0.15) is 28.9 Å². The molecule has 0 saturated heterocycles. The van der Waals surface area contributed by atoms with E-state index in [2.05, 4.69) is 51.9 Å². The molecule has 0 N–H and O–H groups in total. The van der Waals surface area contributed by atoms with Crippen LogP contribution < -0.4 is 0 Å². The Labute approximate surface area is 148 Å². The summed E-state index contributed by atoms with van der Waals surface area (Å²) in [6, 6.07) is 18.7. The lowest BCUT2D eigenvalue weighted by Crippen LogP contribution is -2.27. The van der Waals surface area contributed by atoms with Gasteiger partial charge in [-0.2, -0.15) is 0 Å². The topological polar surface area (TPSA) is 25.2 Å². The minimum absolute atomic E-state index is 0.0891. The van der Waals surface area contributed by atoms with Gasteiger partial charge in [0.2, 0.25) is 0 Å². The molecular formula is C22H24N2O. The van der Waals surface area contributed by atoms with Crippen LogP contribution >= 0.6 is 0 Å². The summed E-state index contributed by atoms with van der Waals surface area (Å²) >= 11 is 0. The van der Waals surface area contributed by atoms with Gasteiger partial charge in [0.15, 0.2) is 5.78 Å². The molecule has 1 heterocycles. The highest BCUT2D eigenvalue weighted by molar-refractivity contribution is 6.11. The lowest BCUT2D eigenvalue weighted by Gasteiger charge is -2.18. The number of carbonyl (C=O) groups excluding carboxylic acids is 1. The maximum absolute atomic E-state index is 13.4. The molecule has 128 valence electrons. The van der Waals surface area contributed by atoms with Crippen molar-refractivity contribution in [2.45, 2.75) is 19.3 Å². The molecule has 0 radical (unpaired) electrons. The molecule has 1 unspecified atom stereocenters. The second-order valence-corrected chi connectivity index (χ2v) is 7.23. The fourth-order valence-corrected chi connectivity index (χ4v) is 4.14. The van der Waals surface area contributed by atoms with Crippen molar-refractivity contribution in [1.29, 1.82) is 0 Å². The molecule has 3 aromatic rings. The molecule has 3 nitrogen and oxygen atoms in total. The highest BCUT2D eigenvalue weighted by atomic mass is 16.1. The number of para-hydroxylation sites is 2. The van der Waals surface area contributed by atoms with Crippen molar-refractivity contribution in [3.63, 3.8) is 0 Å². The monoisotopic (exact) mass is 332 g/mol. The fourth-order valence-electron chi connectivity index (χ4n) is 4.14. The Balaban J connectivity index is 1.95. The largest absolute Gasteiger partial charge is 0.313 e. The first-order valence-corrected chi connectivity index (χ1v) is 9.03. The Morgan fingerprint density at radius 3 is 2.52 bits per heavy atom. The van der Waals surface area contributed by atoms with Gasteiger partial charge in [-0.05, 0) is 51.6 Å². The van der Waals surface area contributed by atoms with Crippen LogP contribution in [0.2, 0.25) is 0 Å². The fraction of sp³-hybridized carbons (Fsp3) is 0.318. The summed E-state index contributed by atoms with van der Waals surface area (Å²) in [6.07, 6.45) is 2.98. The third kappa shape index (κ3) is 2.79. The summed E-state index contributed by atoms with van der Waals surface area (Å²) in [6.45, 7) is 0.823. The highest BCUT2D eigenvalue weighted by Crippen LogP contribution is 2.35. The van der Waals surface area contributed by atoms with Gasteiger partial charge in [-0.15, -0.1) is 0 Å². The molecule has 0 aliphatic heterocycles. The quantitative estimate of drug-likeness (QED) is 0.667. The number of Topliss-reactive ketones (excluding diaryl/α,β-unsaturated/α-hetero) is 1. The second-order valence-electron chi connectivity index (χ2n) is 7.23. The predicted molar refractivity (Wildman–Crippen MR) is 103 cm³/mol. The molecule has 3 heteroatoms. The number of fused-ring (bicyclic) bond motifs is 3. The zero-order valence-corrected chi connectivity index (χ0v) is 14.9. The Bertz CT molecular complexity index is 908. The normalized spacial score (nSPS) is 17.7. The van der Waals surface area contributed by atoms with Crippen LogP contribution in [0.3, 0.4) is 0 Å². The molecule has 0 amide bonds. The van der Waals surface area contributed by atoms with Gasteiger partial charge in [0, 0.05) is 34.8 Å². The molecule has 0 fully saturated rings. The average molecular weight is 332 g/mol. The van der Waals surface area contributed by atoms with E-state index in [0.717, 1.165) is 48.0 Å². The number of ketones is 1.